The molecule has 1 aromatic carbocycles. The molecule has 2 rings (SSSR count). The van der Waals surface area contributed by atoms with Crippen molar-refractivity contribution in [3.8, 4) is 5.75 Å². The predicted molar refractivity (Wildman–Crippen MR) is 76.8 cm³/mol. The van der Waals surface area contributed by atoms with E-state index in [0.717, 1.165) is 12.1 Å². The molecular weight excluding hydrogens is 264 g/mol. The van der Waals surface area contributed by atoms with Gasteiger partial charge in [-0.05, 0) is 30.7 Å². The van der Waals surface area contributed by atoms with Gasteiger partial charge in [0.05, 0.1) is 18.1 Å². The molecule has 5 nitrogen and oxygen atoms in total. The van der Waals surface area contributed by atoms with Crippen LogP contribution in [-0.4, -0.2) is 29.6 Å². The smallest absolute Gasteiger partial charge is 0.273 e. The van der Waals surface area contributed by atoms with Gasteiger partial charge in [0.2, 0.25) is 0 Å². The second-order valence-corrected chi connectivity index (χ2v) is 6.06. The number of non-ortho nitro benzene ring substituents is 1. The van der Waals surface area contributed by atoms with Gasteiger partial charge in [-0.25, -0.2) is 0 Å². The highest BCUT2D eigenvalue weighted by Gasteiger charge is 2.41. The first-order valence-corrected chi connectivity index (χ1v) is 7.39. The number of hydrogen-bond acceptors (Lipinski definition) is 5. The molecule has 0 aliphatic heterocycles. The summed E-state index contributed by atoms with van der Waals surface area (Å²) < 4.78 is 5.48. The molecule has 0 spiro atoms. The summed E-state index contributed by atoms with van der Waals surface area (Å²) in [5.74, 6) is 0.525. The molecule has 1 aliphatic carbocycles. The zero-order valence-corrected chi connectivity index (χ0v) is 12.0. The van der Waals surface area contributed by atoms with Crippen molar-refractivity contribution in [2.45, 2.75) is 24.1 Å². The standard InChI is InChI=1S/C13H18N2O3S/c1-18-12-6-10(5-11(7-12)15(16)17)8-14-9-13(19-2)3-4-13/h5-7,14H,3-4,8-9H2,1-2H3. The van der Waals surface area contributed by atoms with Crippen molar-refractivity contribution in [3.05, 3.63) is 33.9 Å². The summed E-state index contributed by atoms with van der Waals surface area (Å²) in [5.41, 5.74) is 0.949. The normalized spacial score (nSPS) is 16.1. The second-order valence-electron chi connectivity index (χ2n) is 4.79. The van der Waals surface area contributed by atoms with Gasteiger partial charge in [-0.2, -0.15) is 11.8 Å². The molecule has 0 unspecified atom stereocenters. The molecule has 104 valence electrons. The van der Waals surface area contributed by atoms with E-state index in [1.54, 1.807) is 6.07 Å². The van der Waals surface area contributed by atoms with Crippen LogP contribution in [0.15, 0.2) is 18.2 Å². The zero-order chi connectivity index (χ0) is 13.9. The molecule has 6 heteroatoms. The van der Waals surface area contributed by atoms with Crippen LogP contribution in [0.5, 0.6) is 5.75 Å². The minimum atomic E-state index is -0.393. The van der Waals surface area contributed by atoms with Gasteiger partial charge < -0.3 is 10.1 Å². The van der Waals surface area contributed by atoms with Gasteiger partial charge >= 0.3 is 0 Å². The summed E-state index contributed by atoms with van der Waals surface area (Å²) in [7, 11) is 1.52. The largest absolute Gasteiger partial charge is 0.496 e. The Morgan fingerprint density at radius 3 is 2.74 bits per heavy atom. The number of thioether (sulfide) groups is 1. The molecule has 0 saturated heterocycles. The number of nitro benzene ring substituents is 1. The van der Waals surface area contributed by atoms with Crippen LogP contribution >= 0.6 is 11.8 Å². The van der Waals surface area contributed by atoms with E-state index in [2.05, 4.69) is 11.6 Å². The second kappa shape index (κ2) is 5.79. The minimum absolute atomic E-state index is 0.0714. The number of ether oxygens (including phenoxy) is 1. The summed E-state index contributed by atoms with van der Waals surface area (Å²) in [4.78, 5) is 10.4. The molecule has 19 heavy (non-hydrogen) atoms. The van der Waals surface area contributed by atoms with Crippen molar-refractivity contribution in [3.63, 3.8) is 0 Å². The van der Waals surface area contributed by atoms with Crippen molar-refractivity contribution in [2.75, 3.05) is 19.9 Å². The number of nitrogens with zero attached hydrogens (tertiary/aromatic N) is 1. The van der Waals surface area contributed by atoms with Crippen LogP contribution in [0, 0.1) is 10.1 Å². The average molecular weight is 282 g/mol. The first-order chi connectivity index (χ1) is 9.08. The molecule has 0 atom stereocenters. The molecule has 1 saturated carbocycles. The Hall–Kier alpha value is -1.27. The van der Waals surface area contributed by atoms with Crippen molar-refractivity contribution in [1.82, 2.24) is 5.32 Å². The van der Waals surface area contributed by atoms with Gasteiger partial charge in [-0.3, -0.25) is 10.1 Å². The lowest BCUT2D eigenvalue weighted by molar-refractivity contribution is -0.385. The highest BCUT2D eigenvalue weighted by Crippen LogP contribution is 2.46. The van der Waals surface area contributed by atoms with Gasteiger partial charge in [-0.15, -0.1) is 0 Å². The first kappa shape index (κ1) is 14.1. The molecule has 0 aromatic heterocycles. The van der Waals surface area contributed by atoms with Gasteiger partial charge in [0, 0.05) is 23.9 Å². The third kappa shape index (κ3) is 3.61. The van der Waals surface area contributed by atoms with Gasteiger partial charge in [0.1, 0.15) is 5.75 Å². The van der Waals surface area contributed by atoms with Crippen LogP contribution < -0.4 is 10.1 Å². The van der Waals surface area contributed by atoms with Crippen molar-refractivity contribution < 1.29 is 9.66 Å². The minimum Gasteiger partial charge on any atom is -0.496 e. The van der Waals surface area contributed by atoms with Crippen molar-refractivity contribution >= 4 is 17.4 Å². The summed E-state index contributed by atoms with van der Waals surface area (Å²) in [6, 6.07) is 4.86. The molecule has 1 aromatic rings. The number of benzene rings is 1. The van der Waals surface area contributed by atoms with Crippen LogP contribution in [0.25, 0.3) is 0 Å². The maximum Gasteiger partial charge on any atom is 0.273 e. The Kier molecular flexibility index (Phi) is 4.31. The molecule has 0 radical (unpaired) electrons. The van der Waals surface area contributed by atoms with Crippen LogP contribution in [-0.2, 0) is 6.54 Å². The number of nitro groups is 1. The highest BCUT2D eigenvalue weighted by atomic mass is 32.2. The van der Waals surface area contributed by atoms with Gasteiger partial charge in [-0.1, -0.05) is 0 Å². The Morgan fingerprint density at radius 2 is 2.21 bits per heavy atom. The Labute approximate surface area is 116 Å². The summed E-state index contributed by atoms with van der Waals surface area (Å²) in [6.45, 7) is 1.57. The highest BCUT2D eigenvalue weighted by molar-refractivity contribution is 8.00. The van der Waals surface area contributed by atoms with E-state index < -0.39 is 4.92 Å². The summed E-state index contributed by atoms with van der Waals surface area (Å²) in [5, 5.41) is 14.2. The monoisotopic (exact) mass is 282 g/mol. The Balaban J connectivity index is 1.99. The molecule has 1 aliphatic rings. The summed E-state index contributed by atoms with van der Waals surface area (Å²) >= 11 is 1.89. The van der Waals surface area contributed by atoms with Crippen LogP contribution in [0.1, 0.15) is 18.4 Å². The predicted octanol–water partition coefficient (Wildman–Crippen LogP) is 2.59. The van der Waals surface area contributed by atoms with Crippen LogP contribution in [0.4, 0.5) is 5.69 Å². The lowest BCUT2D eigenvalue weighted by Gasteiger charge is -2.13. The third-order valence-corrected chi connectivity index (χ3v) is 4.83. The van der Waals surface area contributed by atoms with Crippen molar-refractivity contribution in [1.29, 1.82) is 0 Å². The number of rotatable bonds is 7. The molecule has 0 heterocycles. The molecule has 1 fully saturated rings. The topological polar surface area (TPSA) is 64.4 Å². The van der Waals surface area contributed by atoms with Gasteiger partial charge in [0.25, 0.3) is 5.69 Å². The fourth-order valence-electron chi connectivity index (χ4n) is 2.00. The lowest BCUT2D eigenvalue weighted by Crippen LogP contribution is -2.25. The van der Waals surface area contributed by atoms with E-state index in [-0.39, 0.29) is 5.69 Å². The van der Waals surface area contributed by atoms with E-state index in [0.29, 0.717) is 17.0 Å². The average Bonchev–Trinajstić information content (AvgIpc) is 3.19. The van der Waals surface area contributed by atoms with Crippen molar-refractivity contribution in [2.24, 2.45) is 0 Å². The van der Waals surface area contributed by atoms with E-state index in [1.807, 2.05) is 17.8 Å². The maximum atomic E-state index is 10.8. The molecule has 0 bridgehead atoms. The van der Waals surface area contributed by atoms with E-state index >= 15 is 0 Å². The zero-order valence-electron chi connectivity index (χ0n) is 11.1. The van der Waals surface area contributed by atoms with Gasteiger partial charge in [0.15, 0.2) is 0 Å². The molecule has 0 amide bonds. The molecule has 1 N–H and O–H groups in total. The Bertz CT molecular complexity index is 475. The SMILES string of the molecule is COc1cc(CNCC2(SC)CC2)cc([N+](=O)[O-])c1. The lowest BCUT2D eigenvalue weighted by atomic mass is 10.2. The number of hydrogen-bond donors (Lipinski definition) is 1. The Morgan fingerprint density at radius 1 is 1.47 bits per heavy atom. The van der Waals surface area contributed by atoms with E-state index in [4.69, 9.17) is 4.74 Å². The summed E-state index contributed by atoms with van der Waals surface area (Å²) in [6.07, 6.45) is 4.63. The quantitative estimate of drug-likeness (QED) is 0.615. The number of methoxy groups -OCH3 is 1. The van der Waals surface area contributed by atoms with Crippen LogP contribution in [0.2, 0.25) is 0 Å². The number of nitrogens with one attached hydrogen (secondary N) is 1. The van der Waals surface area contributed by atoms with E-state index in [9.17, 15) is 10.1 Å². The fourth-order valence-corrected chi connectivity index (χ4v) is 2.75. The fraction of sp³-hybridized carbons (Fsp3) is 0.538. The maximum absolute atomic E-state index is 10.8. The van der Waals surface area contributed by atoms with E-state index in [1.165, 1.54) is 26.0 Å². The van der Waals surface area contributed by atoms with Crippen LogP contribution in [0.3, 0.4) is 0 Å². The first-order valence-electron chi connectivity index (χ1n) is 6.17. The molecular formula is C13H18N2O3S. The third-order valence-electron chi connectivity index (χ3n) is 3.41.